The van der Waals surface area contributed by atoms with Crippen molar-refractivity contribution < 1.29 is 14.3 Å². The Kier molecular flexibility index (Phi) is 5.41. The van der Waals surface area contributed by atoms with Gasteiger partial charge < -0.3 is 14.5 Å². The summed E-state index contributed by atoms with van der Waals surface area (Å²) >= 11 is 0. The summed E-state index contributed by atoms with van der Waals surface area (Å²) in [5.41, 5.74) is 1.05. The molecule has 1 unspecified atom stereocenters. The molecule has 0 bridgehead atoms. The summed E-state index contributed by atoms with van der Waals surface area (Å²) in [4.78, 5) is 28.1. The van der Waals surface area contributed by atoms with Crippen LogP contribution in [0, 0.1) is 5.92 Å². The molecule has 2 rings (SSSR count). The Hall–Kier alpha value is -2.04. The van der Waals surface area contributed by atoms with Gasteiger partial charge in [0.1, 0.15) is 5.75 Å². The minimum atomic E-state index is -0.203. The molecule has 1 atom stereocenters. The number of ether oxygens (including phenoxy) is 1. The van der Waals surface area contributed by atoms with Crippen molar-refractivity contribution in [2.75, 3.05) is 26.7 Å². The second-order valence-electron chi connectivity index (χ2n) is 5.53. The van der Waals surface area contributed by atoms with Gasteiger partial charge in [-0.15, -0.1) is 0 Å². The highest BCUT2D eigenvalue weighted by Crippen LogP contribution is 2.23. The van der Waals surface area contributed by atoms with E-state index in [1.54, 1.807) is 16.9 Å². The predicted molar refractivity (Wildman–Crippen MR) is 84.4 cm³/mol. The van der Waals surface area contributed by atoms with Crippen molar-refractivity contribution in [1.29, 1.82) is 0 Å². The van der Waals surface area contributed by atoms with Crippen LogP contribution in [0.15, 0.2) is 24.3 Å². The minimum absolute atomic E-state index is 0.0568. The number of carbonyl (C=O) groups excluding carboxylic acids is 2. The Bertz CT molecular complexity index is 523. The molecule has 0 aliphatic carbocycles. The first-order valence-corrected chi connectivity index (χ1v) is 7.78. The fourth-order valence-corrected chi connectivity index (χ4v) is 2.84. The van der Waals surface area contributed by atoms with Crippen LogP contribution in [-0.4, -0.2) is 48.4 Å². The molecule has 1 aliphatic rings. The van der Waals surface area contributed by atoms with E-state index in [1.165, 1.54) is 0 Å². The van der Waals surface area contributed by atoms with Gasteiger partial charge in [0.2, 0.25) is 11.8 Å². The van der Waals surface area contributed by atoms with E-state index in [2.05, 4.69) is 0 Å². The SMILES string of the molecule is CCN(CC)C(=O)C1CC(=O)N(Cc2ccc(OC)cc2)C1. The van der Waals surface area contributed by atoms with E-state index in [9.17, 15) is 9.59 Å². The molecule has 2 amide bonds. The highest BCUT2D eigenvalue weighted by Gasteiger charge is 2.35. The number of hydrogen-bond acceptors (Lipinski definition) is 3. The van der Waals surface area contributed by atoms with Gasteiger partial charge in [-0.25, -0.2) is 0 Å². The van der Waals surface area contributed by atoms with Crippen LogP contribution in [0.1, 0.15) is 25.8 Å². The fourth-order valence-electron chi connectivity index (χ4n) is 2.84. The molecule has 1 fully saturated rings. The Morgan fingerprint density at radius 1 is 1.27 bits per heavy atom. The number of carbonyl (C=O) groups is 2. The maximum absolute atomic E-state index is 12.4. The van der Waals surface area contributed by atoms with Gasteiger partial charge in [0, 0.05) is 32.6 Å². The third kappa shape index (κ3) is 3.59. The van der Waals surface area contributed by atoms with Crippen LogP contribution in [-0.2, 0) is 16.1 Å². The van der Waals surface area contributed by atoms with E-state index >= 15 is 0 Å². The zero-order valence-electron chi connectivity index (χ0n) is 13.5. The molecular weight excluding hydrogens is 280 g/mol. The first kappa shape index (κ1) is 16.3. The number of likely N-dealkylation sites (tertiary alicyclic amines) is 1. The number of methoxy groups -OCH3 is 1. The van der Waals surface area contributed by atoms with Crippen molar-refractivity contribution >= 4 is 11.8 Å². The Balaban J connectivity index is 1.98. The summed E-state index contributed by atoms with van der Waals surface area (Å²) < 4.78 is 5.13. The molecule has 1 aliphatic heterocycles. The summed E-state index contributed by atoms with van der Waals surface area (Å²) in [5.74, 6) is 0.744. The lowest BCUT2D eigenvalue weighted by Gasteiger charge is -2.22. The van der Waals surface area contributed by atoms with Gasteiger partial charge in [-0.05, 0) is 31.5 Å². The van der Waals surface area contributed by atoms with Crippen molar-refractivity contribution in [3.05, 3.63) is 29.8 Å². The normalized spacial score (nSPS) is 17.7. The molecule has 0 saturated carbocycles. The molecule has 0 N–H and O–H groups in total. The van der Waals surface area contributed by atoms with E-state index in [-0.39, 0.29) is 17.7 Å². The zero-order valence-corrected chi connectivity index (χ0v) is 13.5. The molecule has 120 valence electrons. The third-order valence-electron chi connectivity index (χ3n) is 4.17. The molecule has 5 nitrogen and oxygen atoms in total. The van der Waals surface area contributed by atoms with Crippen LogP contribution >= 0.6 is 0 Å². The van der Waals surface area contributed by atoms with Gasteiger partial charge in [0.15, 0.2) is 0 Å². The van der Waals surface area contributed by atoms with Crippen LogP contribution in [0.5, 0.6) is 5.75 Å². The highest BCUT2D eigenvalue weighted by atomic mass is 16.5. The monoisotopic (exact) mass is 304 g/mol. The van der Waals surface area contributed by atoms with Crippen LogP contribution < -0.4 is 4.74 Å². The average Bonchev–Trinajstić information content (AvgIpc) is 2.90. The van der Waals surface area contributed by atoms with Crippen LogP contribution in [0.2, 0.25) is 0 Å². The Labute approximate surface area is 131 Å². The van der Waals surface area contributed by atoms with E-state index in [0.717, 1.165) is 11.3 Å². The largest absolute Gasteiger partial charge is 0.497 e. The third-order valence-corrected chi connectivity index (χ3v) is 4.17. The fraction of sp³-hybridized carbons (Fsp3) is 0.529. The molecule has 1 saturated heterocycles. The van der Waals surface area contributed by atoms with Crippen LogP contribution in [0.3, 0.4) is 0 Å². The summed E-state index contributed by atoms with van der Waals surface area (Å²) in [6, 6.07) is 7.67. The lowest BCUT2D eigenvalue weighted by Crippen LogP contribution is -2.37. The van der Waals surface area contributed by atoms with Gasteiger partial charge in [-0.1, -0.05) is 12.1 Å². The van der Waals surface area contributed by atoms with Crippen LogP contribution in [0.4, 0.5) is 0 Å². The molecular formula is C17H24N2O3. The first-order chi connectivity index (χ1) is 10.6. The average molecular weight is 304 g/mol. The number of nitrogens with zero attached hydrogens (tertiary/aromatic N) is 2. The van der Waals surface area contributed by atoms with Crippen molar-refractivity contribution in [3.8, 4) is 5.75 Å². The zero-order chi connectivity index (χ0) is 16.1. The van der Waals surface area contributed by atoms with Crippen molar-refractivity contribution in [2.45, 2.75) is 26.8 Å². The van der Waals surface area contributed by atoms with Gasteiger partial charge in [-0.3, -0.25) is 9.59 Å². The summed E-state index contributed by atoms with van der Waals surface area (Å²) in [6.45, 7) is 6.38. The molecule has 1 aromatic rings. The van der Waals surface area contributed by atoms with Gasteiger partial charge >= 0.3 is 0 Å². The van der Waals surface area contributed by atoms with E-state index in [4.69, 9.17) is 4.74 Å². The van der Waals surface area contributed by atoms with Gasteiger partial charge in [-0.2, -0.15) is 0 Å². The van der Waals surface area contributed by atoms with E-state index < -0.39 is 0 Å². The molecule has 0 aromatic heterocycles. The molecule has 0 spiro atoms. The Morgan fingerprint density at radius 2 is 1.91 bits per heavy atom. The van der Waals surface area contributed by atoms with Crippen molar-refractivity contribution in [2.24, 2.45) is 5.92 Å². The Morgan fingerprint density at radius 3 is 2.45 bits per heavy atom. The number of hydrogen-bond donors (Lipinski definition) is 0. The van der Waals surface area contributed by atoms with Gasteiger partial charge in [0.05, 0.1) is 13.0 Å². The minimum Gasteiger partial charge on any atom is -0.497 e. The quantitative estimate of drug-likeness (QED) is 0.806. The topological polar surface area (TPSA) is 49.9 Å². The molecule has 22 heavy (non-hydrogen) atoms. The maximum atomic E-state index is 12.4. The summed E-state index contributed by atoms with van der Waals surface area (Å²) in [7, 11) is 1.63. The molecule has 0 radical (unpaired) electrons. The van der Waals surface area contributed by atoms with Crippen molar-refractivity contribution in [1.82, 2.24) is 9.80 Å². The summed E-state index contributed by atoms with van der Waals surface area (Å²) in [6.07, 6.45) is 0.325. The second kappa shape index (κ2) is 7.29. The van der Waals surface area contributed by atoms with Crippen LogP contribution in [0.25, 0.3) is 0 Å². The standard InChI is InChI=1S/C17H24N2O3/c1-4-18(5-2)17(21)14-10-16(20)19(12-14)11-13-6-8-15(22-3)9-7-13/h6-9,14H,4-5,10-12H2,1-3H3. The lowest BCUT2D eigenvalue weighted by molar-refractivity contribution is -0.135. The maximum Gasteiger partial charge on any atom is 0.227 e. The van der Waals surface area contributed by atoms with Crippen molar-refractivity contribution in [3.63, 3.8) is 0 Å². The molecule has 1 heterocycles. The molecule has 5 heteroatoms. The second-order valence-corrected chi connectivity index (χ2v) is 5.53. The lowest BCUT2D eigenvalue weighted by atomic mass is 10.1. The van der Waals surface area contributed by atoms with Gasteiger partial charge in [0.25, 0.3) is 0 Å². The number of benzene rings is 1. The smallest absolute Gasteiger partial charge is 0.227 e. The van der Waals surface area contributed by atoms with E-state index in [0.29, 0.717) is 32.6 Å². The summed E-state index contributed by atoms with van der Waals surface area (Å²) in [5, 5.41) is 0. The number of rotatable bonds is 6. The predicted octanol–water partition coefficient (Wildman–Crippen LogP) is 1.91. The van der Waals surface area contributed by atoms with E-state index in [1.807, 2.05) is 38.1 Å². The highest BCUT2D eigenvalue weighted by molar-refractivity contribution is 5.89. The first-order valence-electron chi connectivity index (χ1n) is 7.78. The molecule has 1 aromatic carbocycles. The number of amides is 2.